The molecule has 1 fully saturated rings. The monoisotopic (exact) mass is 344 g/mol. The molecular weight excluding hydrogens is 328 g/mol. The van der Waals surface area contributed by atoms with E-state index < -0.39 is 12.0 Å². The molecule has 9 nitrogen and oxygen atoms in total. The topological polar surface area (TPSA) is 115 Å². The molecule has 1 saturated heterocycles. The van der Waals surface area contributed by atoms with Crippen LogP contribution in [0.3, 0.4) is 0 Å². The van der Waals surface area contributed by atoms with E-state index >= 15 is 0 Å². The van der Waals surface area contributed by atoms with Crippen LogP contribution >= 0.6 is 0 Å². The van der Waals surface area contributed by atoms with E-state index in [9.17, 15) is 14.4 Å². The van der Waals surface area contributed by atoms with Gasteiger partial charge in [0, 0.05) is 18.5 Å². The highest BCUT2D eigenvalue weighted by molar-refractivity contribution is 6.01. The number of imide groups is 1. The molecular formula is C16H16N4O5. The lowest BCUT2D eigenvalue weighted by Crippen LogP contribution is -2.32. The van der Waals surface area contributed by atoms with Gasteiger partial charge in [0.1, 0.15) is 0 Å². The summed E-state index contributed by atoms with van der Waals surface area (Å²) in [6, 6.07) is 8.85. The Morgan fingerprint density at radius 2 is 2.08 bits per heavy atom. The first-order valence-corrected chi connectivity index (χ1v) is 7.75. The SMILES string of the molecule is O=C(CCCN1C(=O)CNC1=O)OCc1nc(-c2ccccc2)no1. The Kier molecular flexibility index (Phi) is 5.03. The van der Waals surface area contributed by atoms with Gasteiger partial charge in [0.05, 0.1) is 6.54 Å². The molecule has 0 unspecified atom stereocenters. The van der Waals surface area contributed by atoms with Gasteiger partial charge < -0.3 is 14.6 Å². The van der Waals surface area contributed by atoms with Gasteiger partial charge in [-0.3, -0.25) is 14.5 Å². The summed E-state index contributed by atoms with van der Waals surface area (Å²) >= 11 is 0. The van der Waals surface area contributed by atoms with Crippen molar-refractivity contribution in [3.8, 4) is 11.4 Å². The fourth-order valence-corrected chi connectivity index (χ4v) is 2.30. The maximum atomic E-state index is 11.7. The van der Waals surface area contributed by atoms with E-state index in [0.717, 1.165) is 10.5 Å². The maximum absolute atomic E-state index is 11.7. The smallest absolute Gasteiger partial charge is 0.324 e. The number of esters is 1. The minimum Gasteiger partial charge on any atom is -0.456 e. The average molecular weight is 344 g/mol. The second kappa shape index (κ2) is 7.56. The van der Waals surface area contributed by atoms with Crippen molar-refractivity contribution in [3.63, 3.8) is 0 Å². The highest BCUT2D eigenvalue weighted by atomic mass is 16.6. The van der Waals surface area contributed by atoms with Gasteiger partial charge in [-0.1, -0.05) is 35.5 Å². The molecule has 2 heterocycles. The van der Waals surface area contributed by atoms with Gasteiger partial charge in [-0.25, -0.2) is 4.79 Å². The third kappa shape index (κ3) is 4.19. The third-order valence-corrected chi connectivity index (χ3v) is 3.56. The third-order valence-electron chi connectivity index (χ3n) is 3.56. The molecule has 0 spiro atoms. The van der Waals surface area contributed by atoms with E-state index in [0.29, 0.717) is 12.2 Å². The summed E-state index contributed by atoms with van der Waals surface area (Å²) in [4.78, 5) is 39.7. The summed E-state index contributed by atoms with van der Waals surface area (Å²) in [6.07, 6.45) is 0.411. The number of carbonyl (C=O) groups excluding carboxylic acids is 3. The molecule has 9 heteroatoms. The van der Waals surface area contributed by atoms with Gasteiger partial charge >= 0.3 is 12.0 Å². The van der Waals surface area contributed by atoms with Crippen molar-refractivity contribution in [1.82, 2.24) is 20.4 Å². The van der Waals surface area contributed by atoms with Crippen molar-refractivity contribution in [1.29, 1.82) is 0 Å². The van der Waals surface area contributed by atoms with E-state index in [1.165, 1.54) is 0 Å². The number of rotatable bonds is 7. The Morgan fingerprint density at radius 3 is 2.80 bits per heavy atom. The fourth-order valence-electron chi connectivity index (χ4n) is 2.30. The van der Waals surface area contributed by atoms with E-state index in [-0.39, 0.29) is 37.9 Å². The van der Waals surface area contributed by atoms with Crippen LogP contribution in [0.25, 0.3) is 11.4 Å². The zero-order chi connectivity index (χ0) is 17.6. The van der Waals surface area contributed by atoms with Crippen LogP contribution in [0, 0.1) is 0 Å². The number of urea groups is 1. The van der Waals surface area contributed by atoms with Gasteiger partial charge in [-0.05, 0) is 6.42 Å². The van der Waals surface area contributed by atoms with Crippen LogP contribution in [0.1, 0.15) is 18.7 Å². The second-order valence-corrected chi connectivity index (χ2v) is 5.35. The summed E-state index contributed by atoms with van der Waals surface area (Å²) in [5.74, 6) is -0.143. The summed E-state index contributed by atoms with van der Waals surface area (Å²) < 4.78 is 10.1. The lowest BCUT2D eigenvalue weighted by molar-refractivity contribution is -0.146. The number of nitrogens with one attached hydrogen (secondary N) is 1. The van der Waals surface area contributed by atoms with Crippen LogP contribution in [0.4, 0.5) is 4.79 Å². The molecule has 0 bridgehead atoms. The molecule has 1 aliphatic rings. The molecule has 3 amide bonds. The van der Waals surface area contributed by atoms with Gasteiger partial charge in [-0.15, -0.1) is 0 Å². The molecule has 2 aromatic rings. The number of hydrogen-bond donors (Lipinski definition) is 1. The molecule has 0 atom stereocenters. The van der Waals surface area contributed by atoms with E-state index in [1.54, 1.807) is 0 Å². The molecule has 0 radical (unpaired) electrons. The standard InChI is InChI=1S/C16H16N4O5/c21-13-9-17-16(23)20(13)8-4-7-14(22)24-10-12-18-15(19-25-12)11-5-2-1-3-6-11/h1-3,5-6H,4,7-10H2,(H,17,23). The highest BCUT2D eigenvalue weighted by Gasteiger charge is 2.27. The molecule has 3 rings (SSSR count). The molecule has 1 aromatic heterocycles. The van der Waals surface area contributed by atoms with E-state index in [2.05, 4.69) is 15.5 Å². The number of hydrogen-bond acceptors (Lipinski definition) is 7. The normalized spacial score (nSPS) is 13.8. The summed E-state index contributed by atoms with van der Waals surface area (Å²) in [5.41, 5.74) is 0.803. The minimum atomic E-state index is -0.466. The Bertz CT molecular complexity index is 758. The predicted molar refractivity (Wildman–Crippen MR) is 83.9 cm³/mol. The number of benzene rings is 1. The van der Waals surface area contributed by atoms with Crippen molar-refractivity contribution in [2.24, 2.45) is 0 Å². The van der Waals surface area contributed by atoms with Gasteiger partial charge in [0.25, 0.3) is 5.89 Å². The lowest BCUT2D eigenvalue weighted by Gasteiger charge is -2.11. The molecule has 1 aromatic carbocycles. The van der Waals surface area contributed by atoms with Crippen LogP contribution in [0.5, 0.6) is 0 Å². The Hall–Kier alpha value is -3.23. The summed E-state index contributed by atoms with van der Waals surface area (Å²) in [5, 5.41) is 6.24. The Balaban J connectivity index is 1.41. The molecule has 0 aliphatic carbocycles. The van der Waals surface area contributed by atoms with Crippen LogP contribution in [-0.2, 0) is 20.9 Å². The average Bonchev–Trinajstić information content (AvgIpc) is 3.22. The Labute approximate surface area is 142 Å². The Morgan fingerprint density at radius 1 is 1.28 bits per heavy atom. The number of nitrogens with zero attached hydrogens (tertiary/aromatic N) is 3. The van der Waals surface area contributed by atoms with Crippen molar-refractivity contribution in [3.05, 3.63) is 36.2 Å². The van der Waals surface area contributed by atoms with Crippen molar-refractivity contribution in [2.75, 3.05) is 13.1 Å². The second-order valence-electron chi connectivity index (χ2n) is 5.35. The minimum absolute atomic E-state index is 0.00416. The number of aromatic nitrogens is 2. The summed E-state index contributed by atoms with van der Waals surface area (Å²) in [7, 11) is 0. The van der Waals surface area contributed by atoms with Crippen molar-refractivity contribution < 1.29 is 23.6 Å². The van der Waals surface area contributed by atoms with Gasteiger partial charge in [-0.2, -0.15) is 4.98 Å². The van der Waals surface area contributed by atoms with Crippen molar-refractivity contribution >= 4 is 17.9 Å². The van der Waals surface area contributed by atoms with Crippen LogP contribution in [-0.4, -0.2) is 46.0 Å². The van der Waals surface area contributed by atoms with Gasteiger partial charge in [0.2, 0.25) is 11.7 Å². The van der Waals surface area contributed by atoms with Gasteiger partial charge in [0.15, 0.2) is 6.61 Å². The van der Waals surface area contributed by atoms with Crippen molar-refractivity contribution in [2.45, 2.75) is 19.4 Å². The first-order valence-electron chi connectivity index (χ1n) is 7.75. The largest absolute Gasteiger partial charge is 0.456 e. The maximum Gasteiger partial charge on any atom is 0.324 e. The molecule has 130 valence electrons. The van der Waals surface area contributed by atoms with E-state index in [1.807, 2.05) is 30.3 Å². The predicted octanol–water partition coefficient (Wildman–Crippen LogP) is 1.11. The number of ether oxygens (including phenoxy) is 1. The lowest BCUT2D eigenvalue weighted by atomic mass is 10.2. The molecule has 0 saturated carbocycles. The first kappa shape index (κ1) is 16.6. The molecule has 1 N–H and O–H groups in total. The number of carbonyl (C=O) groups is 3. The van der Waals surface area contributed by atoms with Crippen LogP contribution < -0.4 is 5.32 Å². The summed E-state index contributed by atoms with van der Waals surface area (Å²) in [6.45, 7) is 0.0600. The number of amides is 3. The zero-order valence-electron chi connectivity index (χ0n) is 13.3. The van der Waals surface area contributed by atoms with Crippen LogP contribution in [0.2, 0.25) is 0 Å². The first-order chi connectivity index (χ1) is 12.1. The highest BCUT2D eigenvalue weighted by Crippen LogP contribution is 2.15. The molecule has 1 aliphatic heterocycles. The quantitative estimate of drug-likeness (QED) is 0.591. The fraction of sp³-hybridized carbons (Fsp3) is 0.312. The molecule has 25 heavy (non-hydrogen) atoms. The van der Waals surface area contributed by atoms with Crippen LogP contribution in [0.15, 0.2) is 34.9 Å². The zero-order valence-corrected chi connectivity index (χ0v) is 13.3. The van der Waals surface area contributed by atoms with E-state index in [4.69, 9.17) is 9.26 Å².